The van der Waals surface area contributed by atoms with Gasteiger partial charge >= 0.3 is 11.8 Å². The van der Waals surface area contributed by atoms with E-state index in [0.717, 1.165) is 30.9 Å². The van der Waals surface area contributed by atoms with E-state index in [-0.39, 0.29) is 11.8 Å². The predicted molar refractivity (Wildman–Crippen MR) is 104 cm³/mol. The van der Waals surface area contributed by atoms with E-state index in [2.05, 4.69) is 27.2 Å². The van der Waals surface area contributed by atoms with Crippen LogP contribution in [0.1, 0.15) is 16.2 Å². The molecule has 7 nitrogen and oxygen atoms in total. The minimum Gasteiger partial charge on any atom is -0.497 e. The molecule has 2 heterocycles. The molecule has 0 N–H and O–H groups in total. The van der Waals surface area contributed by atoms with Crippen LogP contribution in [0.2, 0.25) is 0 Å². The van der Waals surface area contributed by atoms with E-state index < -0.39 is 0 Å². The molecule has 1 aromatic heterocycles. The van der Waals surface area contributed by atoms with Crippen molar-refractivity contribution in [3.05, 3.63) is 66.1 Å². The molecule has 1 aliphatic rings. The van der Waals surface area contributed by atoms with Gasteiger partial charge in [-0.25, -0.2) is 0 Å². The van der Waals surface area contributed by atoms with Gasteiger partial charge in [0.2, 0.25) is 5.89 Å². The number of aromatic nitrogens is 2. The number of rotatable bonds is 5. The number of piperazine rings is 1. The van der Waals surface area contributed by atoms with Gasteiger partial charge in [0, 0.05) is 38.3 Å². The second-order valence-electron chi connectivity index (χ2n) is 6.69. The SMILES string of the molecule is COc1ccc(-c2nnc(C(=O)N3CCN(Cc4ccccc4)CC3)o2)cc1. The lowest BCUT2D eigenvalue weighted by atomic mass is 10.2. The molecule has 0 spiro atoms. The third-order valence-electron chi connectivity index (χ3n) is 4.85. The van der Waals surface area contributed by atoms with Crippen molar-refractivity contribution in [1.29, 1.82) is 0 Å². The molecule has 1 fully saturated rings. The van der Waals surface area contributed by atoms with Crippen LogP contribution in [-0.2, 0) is 6.54 Å². The van der Waals surface area contributed by atoms with Crippen LogP contribution in [0, 0.1) is 0 Å². The maximum Gasteiger partial charge on any atom is 0.311 e. The zero-order chi connectivity index (χ0) is 19.3. The Hall–Kier alpha value is -3.19. The molecular formula is C21H22N4O3. The Morgan fingerprint density at radius 3 is 2.39 bits per heavy atom. The summed E-state index contributed by atoms with van der Waals surface area (Å²) in [5.74, 6) is 0.885. The lowest BCUT2D eigenvalue weighted by Crippen LogP contribution is -2.48. The summed E-state index contributed by atoms with van der Waals surface area (Å²) in [7, 11) is 1.61. The van der Waals surface area contributed by atoms with Crippen molar-refractivity contribution < 1.29 is 13.9 Å². The highest BCUT2D eigenvalue weighted by atomic mass is 16.5. The van der Waals surface area contributed by atoms with Crippen LogP contribution in [0.5, 0.6) is 5.75 Å². The van der Waals surface area contributed by atoms with Gasteiger partial charge in [0.15, 0.2) is 0 Å². The molecule has 1 amide bonds. The molecular weight excluding hydrogens is 356 g/mol. The monoisotopic (exact) mass is 378 g/mol. The Labute approximate surface area is 163 Å². The maximum atomic E-state index is 12.7. The Morgan fingerprint density at radius 1 is 1.00 bits per heavy atom. The number of benzene rings is 2. The standard InChI is InChI=1S/C21H22N4O3/c1-27-18-9-7-17(8-10-18)19-22-23-20(28-19)21(26)25-13-11-24(12-14-25)15-16-5-3-2-4-6-16/h2-10H,11-15H2,1H3. The van der Waals surface area contributed by atoms with Crippen LogP contribution in [0.3, 0.4) is 0 Å². The van der Waals surface area contributed by atoms with Crippen molar-refractivity contribution in [2.45, 2.75) is 6.54 Å². The second kappa shape index (κ2) is 8.22. The molecule has 3 aromatic rings. The number of hydrogen-bond donors (Lipinski definition) is 0. The lowest BCUT2D eigenvalue weighted by Gasteiger charge is -2.34. The van der Waals surface area contributed by atoms with Crippen molar-refractivity contribution in [2.75, 3.05) is 33.3 Å². The molecule has 0 aliphatic carbocycles. The molecule has 1 aliphatic heterocycles. The predicted octanol–water partition coefficient (Wildman–Crippen LogP) is 2.70. The highest BCUT2D eigenvalue weighted by Gasteiger charge is 2.26. The van der Waals surface area contributed by atoms with E-state index in [0.29, 0.717) is 19.0 Å². The van der Waals surface area contributed by atoms with Crippen molar-refractivity contribution >= 4 is 5.91 Å². The average Bonchev–Trinajstić information content (AvgIpc) is 3.25. The van der Waals surface area contributed by atoms with Gasteiger partial charge in [0.25, 0.3) is 0 Å². The smallest absolute Gasteiger partial charge is 0.311 e. The summed E-state index contributed by atoms with van der Waals surface area (Å²) in [6.07, 6.45) is 0. The van der Waals surface area contributed by atoms with E-state index >= 15 is 0 Å². The maximum absolute atomic E-state index is 12.7. The minimum absolute atomic E-state index is 0.0299. The van der Waals surface area contributed by atoms with Crippen LogP contribution in [0.4, 0.5) is 0 Å². The zero-order valence-electron chi connectivity index (χ0n) is 15.7. The highest BCUT2D eigenvalue weighted by Crippen LogP contribution is 2.22. The quantitative estimate of drug-likeness (QED) is 0.680. The summed E-state index contributed by atoms with van der Waals surface area (Å²) in [6, 6.07) is 17.6. The molecule has 0 radical (unpaired) electrons. The number of carbonyl (C=O) groups excluding carboxylic acids is 1. The second-order valence-corrected chi connectivity index (χ2v) is 6.69. The van der Waals surface area contributed by atoms with Crippen LogP contribution in [0.25, 0.3) is 11.5 Å². The zero-order valence-corrected chi connectivity index (χ0v) is 15.7. The molecule has 4 rings (SSSR count). The van der Waals surface area contributed by atoms with E-state index in [1.807, 2.05) is 42.5 Å². The van der Waals surface area contributed by atoms with Gasteiger partial charge in [-0.2, -0.15) is 0 Å². The van der Waals surface area contributed by atoms with Crippen molar-refractivity contribution in [2.24, 2.45) is 0 Å². The number of nitrogens with zero attached hydrogens (tertiary/aromatic N) is 4. The number of ether oxygens (including phenoxy) is 1. The van der Waals surface area contributed by atoms with Crippen LogP contribution < -0.4 is 4.74 Å². The number of carbonyl (C=O) groups is 1. The first-order valence-electron chi connectivity index (χ1n) is 9.26. The van der Waals surface area contributed by atoms with Crippen LogP contribution >= 0.6 is 0 Å². The first-order valence-corrected chi connectivity index (χ1v) is 9.26. The van der Waals surface area contributed by atoms with Crippen molar-refractivity contribution in [1.82, 2.24) is 20.0 Å². The van der Waals surface area contributed by atoms with Gasteiger partial charge in [0.1, 0.15) is 5.75 Å². The van der Waals surface area contributed by atoms with Gasteiger partial charge in [-0.3, -0.25) is 9.69 Å². The number of methoxy groups -OCH3 is 1. The fraction of sp³-hybridized carbons (Fsp3) is 0.286. The molecule has 0 saturated carbocycles. The van der Waals surface area contributed by atoms with E-state index in [4.69, 9.17) is 9.15 Å². The molecule has 0 bridgehead atoms. The van der Waals surface area contributed by atoms with Gasteiger partial charge < -0.3 is 14.1 Å². The number of amides is 1. The largest absolute Gasteiger partial charge is 0.497 e. The molecule has 7 heteroatoms. The van der Waals surface area contributed by atoms with E-state index in [1.165, 1.54) is 5.56 Å². The first-order chi connectivity index (χ1) is 13.7. The summed E-state index contributed by atoms with van der Waals surface area (Å²) in [5, 5.41) is 7.96. The van der Waals surface area contributed by atoms with Crippen LogP contribution in [-0.4, -0.2) is 59.2 Å². The van der Waals surface area contributed by atoms with Gasteiger partial charge in [-0.05, 0) is 29.8 Å². The molecule has 0 unspecified atom stereocenters. The highest BCUT2D eigenvalue weighted by molar-refractivity contribution is 5.89. The molecule has 1 saturated heterocycles. The fourth-order valence-electron chi connectivity index (χ4n) is 3.25. The Balaban J connectivity index is 1.36. The summed E-state index contributed by atoms with van der Waals surface area (Å²) in [5.41, 5.74) is 2.03. The topological polar surface area (TPSA) is 71.7 Å². The molecule has 0 atom stereocenters. The summed E-state index contributed by atoms with van der Waals surface area (Å²) in [4.78, 5) is 16.8. The lowest BCUT2D eigenvalue weighted by molar-refractivity contribution is 0.0590. The van der Waals surface area contributed by atoms with Gasteiger partial charge in [-0.15, -0.1) is 10.2 Å². The van der Waals surface area contributed by atoms with Crippen LogP contribution in [0.15, 0.2) is 59.0 Å². The van der Waals surface area contributed by atoms with E-state index in [9.17, 15) is 4.79 Å². The third kappa shape index (κ3) is 4.04. The Kier molecular flexibility index (Phi) is 5.34. The number of hydrogen-bond acceptors (Lipinski definition) is 6. The summed E-state index contributed by atoms with van der Waals surface area (Å²) >= 11 is 0. The first kappa shape index (κ1) is 18.2. The molecule has 2 aromatic carbocycles. The van der Waals surface area contributed by atoms with Gasteiger partial charge in [-0.1, -0.05) is 30.3 Å². The van der Waals surface area contributed by atoms with Gasteiger partial charge in [0.05, 0.1) is 7.11 Å². The fourth-order valence-corrected chi connectivity index (χ4v) is 3.25. The van der Waals surface area contributed by atoms with Crippen molar-refractivity contribution in [3.63, 3.8) is 0 Å². The Bertz CT molecular complexity index is 916. The Morgan fingerprint density at radius 2 is 1.71 bits per heavy atom. The molecule has 144 valence electrons. The third-order valence-corrected chi connectivity index (χ3v) is 4.85. The molecule has 28 heavy (non-hydrogen) atoms. The summed E-state index contributed by atoms with van der Waals surface area (Å²) in [6.45, 7) is 3.82. The van der Waals surface area contributed by atoms with Crippen molar-refractivity contribution in [3.8, 4) is 17.2 Å². The minimum atomic E-state index is -0.216. The average molecular weight is 378 g/mol. The van der Waals surface area contributed by atoms with E-state index in [1.54, 1.807) is 12.0 Å². The normalized spacial score (nSPS) is 14.8. The summed E-state index contributed by atoms with van der Waals surface area (Å²) < 4.78 is 10.8.